The molecular formula is C71H48O9. The average Bonchev–Trinajstić information content (AvgIpc) is 3.59. The Kier molecular flexibility index (Phi) is 13.7. The third-order valence-electron chi connectivity index (χ3n) is 14.3. The molecule has 0 atom stereocenters. The lowest BCUT2D eigenvalue weighted by atomic mass is 9.83. The molecular weight excluding hydrogens is 997 g/mol. The van der Waals surface area contributed by atoms with Gasteiger partial charge >= 0.3 is 23.9 Å². The van der Waals surface area contributed by atoms with Crippen LogP contribution in [0.2, 0.25) is 0 Å². The van der Waals surface area contributed by atoms with Crippen LogP contribution in [-0.2, 0) is 6.42 Å². The third-order valence-corrected chi connectivity index (χ3v) is 14.3. The summed E-state index contributed by atoms with van der Waals surface area (Å²) in [6.45, 7) is 2.05. The maximum Gasteiger partial charge on any atom is 0.343 e. The van der Waals surface area contributed by atoms with E-state index in [1.54, 1.807) is 92.0 Å². The van der Waals surface area contributed by atoms with Gasteiger partial charge in [-0.3, -0.25) is 0 Å². The van der Waals surface area contributed by atoms with E-state index in [1.165, 1.54) is 0 Å². The minimum atomic E-state index is -0.691. The Hall–Kier alpha value is -10.6. The molecule has 0 radical (unpaired) electrons. The highest BCUT2D eigenvalue weighted by atomic mass is 16.5. The molecule has 0 bridgehead atoms. The molecule has 0 spiro atoms. The summed E-state index contributed by atoms with van der Waals surface area (Å²) in [5, 5.41) is 6.34. The molecule has 0 unspecified atom stereocenters. The third kappa shape index (κ3) is 9.87. The van der Waals surface area contributed by atoms with Gasteiger partial charge in [-0.25, -0.2) is 19.2 Å². The van der Waals surface area contributed by atoms with Crippen molar-refractivity contribution in [3.63, 3.8) is 0 Å². The molecule has 0 fully saturated rings. The average molecular weight is 1050 g/mol. The normalized spacial score (nSPS) is 11.1. The Bertz CT molecular complexity index is 4060. The Morgan fingerprint density at radius 1 is 0.338 bits per heavy atom. The lowest BCUT2D eigenvalue weighted by molar-refractivity contribution is 0.0720. The number of ether oxygens (including phenoxy) is 5. The number of benzene rings is 12. The highest BCUT2D eigenvalue weighted by molar-refractivity contribution is 6.22. The number of methoxy groups -OCH3 is 1. The minimum absolute atomic E-state index is 0.182. The first kappa shape index (κ1) is 50.2. The largest absolute Gasteiger partial charge is 0.497 e. The number of fused-ring (bicyclic) bond motifs is 6. The number of hydrogen-bond acceptors (Lipinski definition) is 9. The van der Waals surface area contributed by atoms with Crippen molar-refractivity contribution in [2.24, 2.45) is 0 Å². The molecule has 0 aliphatic carbocycles. The van der Waals surface area contributed by atoms with Crippen LogP contribution in [-0.4, -0.2) is 31.0 Å². The van der Waals surface area contributed by atoms with Crippen molar-refractivity contribution in [3.8, 4) is 62.1 Å². The van der Waals surface area contributed by atoms with Crippen LogP contribution in [0.25, 0.3) is 76.5 Å². The molecule has 0 heterocycles. The van der Waals surface area contributed by atoms with Crippen LogP contribution in [0.1, 0.15) is 53.9 Å². The second-order valence-electron chi connectivity index (χ2n) is 19.1. The molecule has 386 valence electrons. The van der Waals surface area contributed by atoms with Crippen molar-refractivity contribution in [3.05, 3.63) is 270 Å². The Morgan fingerprint density at radius 3 is 1.06 bits per heavy atom. The minimum Gasteiger partial charge on any atom is -0.497 e. The van der Waals surface area contributed by atoms with E-state index in [4.69, 9.17) is 23.7 Å². The first-order chi connectivity index (χ1) is 39.2. The zero-order valence-corrected chi connectivity index (χ0v) is 43.5. The van der Waals surface area contributed by atoms with Crippen LogP contribution in [0, 0.1) is 0 Å². The SMILES string of the molecule is CCc1ccc(C(=O)Oc2ccc(C(=O)Oc3c(-c4c(-c5ccccc5)cc5ccc6ccccc6c5c4OC(=O)c4ccc(OC(=O)c5ccc(OC)cc5)cc4)c(-c4ccccc4)cc4ccc5ccccc5c34)cc2)cc1. The second kappa shape index (κ2) is 21.8. The zero-order chi connectivity index (χ0) is 54.7. The molecule has 0 saturated carbocycles. The van der Waals surface area contributed by atoms with Gasteiger partial charge in [-0.1, -0.05) is 153 Å². The van der Waals surface area contributed by atoms with Crippen LogP contribution in [0.4, 0.5) is 0 Å². The molecule has 12 aromatic rings. The molecule has 0 N–H and O–H groups in total. The fourth-order valence-electron chi connectivity index (χ4n) is 10.2. The van der Waals surface area contributed by atoms with Gasteiger partial charge in [0.15, 0.2) is 0 Å². The van der Waals surface area contributed by atoms with E-state index in [2.05, 4.69) is 12.1 Å². The quantitative estimate of drug-likeness (QED) is 0.0632. The predicted octanol–water partition coefficient (Wildman–Crippen LogP) is 16.7. The molecule has 0 saturated heterocycles. The fraction of sp³-hybridized carbons (Fsp3) is 0.0423. The molecule has 9 nitrogen and oxygen atoms in total. The molecule has 12 rings (SSSR count). The van der Waals surface area contributed by atoms with E-state index in [0.717, 1.165) is 55.4 Å². The van der Waals surface area contributed by atoms with Gasteiger partial charge in [0.25, 0.3) is 0 Å². The van der Waals surface area contributed by atoms with Crippen molar-refractivity contribution >= 4 is 67.0 Å². The number of rotatable bonds is 13. The van der Waals surface area contributed by atoms with Gasteiger partial charge in [-0.2, -0.15) is 0 Å². The van der Waals surface area contributed by atoms with Crippen molar-refractivity contribution in [2.45, 2.75) is 13.3 Å². The topological polar surface area (TPSA) is 114 Å². The molecule has 0 aliphatic rings. The van der Waals surface area contributed by atoms with E-state index < -0.39 is 23.9 Å². The predicted molar refractivity (Wildman–Crippen MR) is 314 cm³/mol. The summed E-state index contributed by atoms with van der Waals surface area (Å²) >= 11 is 0. The summed E-state index contributed by atoms with van der Waals surface area (Å²) in [7, 11) is 1.55. The molecule has 0 aromatic heterocycles. The van der Waals surface area contributed by atoms with E-state index >= 15 is 9.59 Å². The maximum atomic E-state index is 15.2. The summed E-state index contributed by atoms with van der Waals surface area (Å²) in [4.78, 5) is 56.8. The molecule has 0 amide bonds. The molecule has 9 heteroatoms. The summed E-state index contributed by atoms with van der Waals surface area (Å²) in [5.41, 5.74) is 6.18. The van der Waals surface area contributed by atoms with E-state index in [9.17, 15) is 9.59 Å². The molecule has 80 heavy (non-hydrogen) atoms. The number of carbonyl (C=O) groups excluding carboxylic acids is 4. The summed E-state index contributed by atoms with van der Waals surface area (Å²) in [5.74, 6) is -0.953. The van der Waals surface area contributed by atoms with Crippen molar-refractivity contribution in [1.29, 1.82) is 0 Å². The van der Waals surface area contributed by atoms with Gasteiger partial charge in [0, 0.05) is 21.9 Å². The maximum absolute atomic E-state index is 15.2. The lowest BCUT2D eigenvalue weighted by Gasteiger charge is -2.25. The summed E-state index contributed by atoms with van der Waals surface area (Å²) in [6, 6.07) is 74.2. The Morgan fingerprint density at radius 2 is 0.675 bits per heavy atom. The van der Waals surface area contributed by atoms with Crippen molar-refractivity contribution in [2.75, 3.05) is 7.11 Å². The van der Waals surface area contributed by atoms with Gasteiger partial charge in [-0.15, -0.1) is 0 Å². The monoisotopic (exact) mass is 1040 g/mol. The van der Waals surface area contributed by atoms with Crippen LogP contribution >= 0.6 is 0 Å². The number of aryl methyl sites for hydroxylation is 1. The van der Waals surface area contributed by atoms with Gasteiger partial charge in [0.1, 0.15) is 28.7 Å². The van der Waals surface area contributed by atoms with Gasteiger partial charge < -0.3 is 23.7 Å². The smallest absolute Gasteiger partial charge is 0.343 e. The summed E-state index contributed by atoms with van der Waals surface area (Å²) in [6.07, 6.45) is 0.838. The first-order valence-electron chi connectivity index (χ1n) is 26.1. The standard InChI is InChI=1S/C71H48O9/c1-3-44-22-24-49(25-23-44)68(72)77-56-38-32-51(33-39-56)70(74)79-66-62-53(28-26-47-18-10-12-20-58(47)62)42-60(45-14-6-4-7-15-45)64(66)65-61(46-16-8-5-9-17-46)43-54-29-27-48-19-11-13-21-59(48)63(54)67(65)80-71(75)52-34-40-57(41-35-52)78-69(73)50-30-36-55(76-2)37-31-50/h4-43H,3H2,1-2H3. The van der Waals surface area contributed by atoms with Crippen LogP contribution in [0.3, 0.4) is 0 Å². The van der Waals surface area contributed by atoms with Crippen LogP contribution < -0.4 is 23.7 Å². The van der Waals surface area contributed by atoms with Gasteiger partial charge in [0.05, 0.1) is 29.4 Å². The van der Waals surface area contributed by atoms with Crippen LogP contribution in [0.15, 0.2) is 243 Å². The Balaban J connectivity index is 1.07. The molecule has 0 aliphatic heterocycles. The van der Waals surface area contributed by atoms with Crippen molar-refractivity contribution < 1.29 is 42.9 Å². The zero-order valence-electron chi connectivity index (χ0n) is 43.5. The number of carbonyl (C=O) groups is 4. The van der Waals surface area contributed by atoms with E-state index in [0.29, 0.717) is 49.9 Å². The number of esters is 4. The lowest BCUT2D eigenvalue weighted by Crippen LogP contribution is -2.13. The second-order valence-corrected chi connectivity index (χ2v) is 19.1. The highest BCUT2D eigenvalue weighted by Gasteiger charge is 2.31. The Labute approximate surface area is 460 Å². The first-order valence-corrected chi connectivity index (χ1v) is 26.1. The van der Waals surface area contributed by atoms with Crippen molar-refractivity contribution in [1.82, 2.24) is 0 Å². The van der Waals surface area contributed by atoms with E-state index in [1.807, 2.05) is 153 Å². The fourth-order valence-corrected chi connectivity index (χ4v) is 10.2. The highest BCUT2D eigenvalue weighted by Crippen LogP contribution is 2.55. The summed E-state index contributed by atoms with van der Waals surface area (Å²) < 4.78 is 30.7. The number of hydrogen-bond donors (Lipinski definition) is 0. The molecule has 12 aromatic carbocycles. The van der Waals surface area contributed by atoms with Gasteiger partial charge in [-0.05, 0) is 164 Å². The van der Waals surface area contributed by atoms with Crippen LogP contribution in [0.5, 0.6) is 28.7 Å². The van der Waals surface area contributed by atoms with E-state index in [-0.39, 0.29) is 34.1 Å². The van der Waals surface area contributed by atoms with Gasteiger partial charge in [0.2, 0.25) is 0 Å².